The number of anilines is 2. The maximum atomic E-state index is 11.6. The van der Waals surface area contributed by atoms with Crippen molar-refractivity contribution < 1.29 is 18.3 Å². The molecule has 0 radical (unpaired) electrons. The number of rotatable bonds is 4. The summed E-state index contributed by atoms with van der Waals surface area (Å²) in [5, 5.41) is 14.6. The molecule has 1 aliphatic heterocycles. The number of sulfonamides is 1. The Morgan fingerprint density at radius 3 is 2.12 bits per heavy atom. The molecule has 1 heterocycles. The molecule has 0 aliphatic carbocycles. The van der Waals surface area contributed by atoms with Gasteiger partial charge in [0.15, 0.2) is 0 Å². The summed E-state index contributed by atoms with van der Waals surface area (Å²) in [6, 6.07) is 12.1. The molecule has 3 rings (SSSR count). The van der Waals surface area contributed by atoms with Gasteiger partial charge in [-0.05, 0) is 36.8 Å². The van der Waals surface area contributed by atoms with Gasteiger partial charge in [0, 0.05) is 31.9 Å². The molecule has 8 heteroatoms. The summed E-state index contributed by atoms with van der Waals surface area (Å²) in [4.78, 5) is 15.6. The monoisotopic (exact) mass is 375 g/mol. The van der Waals surface area contributed by atoms with E-state index >= 15 is 0 Å². The third kappa shape index (κ3) is 3.66. The van der Waals surface area contributed by atoms with Gasteiger partial charge in [-0.3, -0.25) is 0 Å². The van der Waals surface area contributed by atoms with Gasteiger partial charge in [-0.1, -0.05) is 18.2 Å². The van der Waals surface area contributed by atoms with Gasteiger partial charge in [0.1, 0.15) is 0 Å². The SMILES string of the molecule is Cc1ccccc1N1CCN(c2ccc(S(N)(=O)=O)cc2C(=O)O)CC1. The number of primary sulfonamides is 1. The van der Waals surface area contributed by atoms with Crippen LogP contribution in [0.1, 0.15) is 15.9 Å². The van der Waals surface area contributed by atoms with Crippen molar-refractivity contribution in [1.82, 2.24) is 0 Å². The Morgan fingerprint density at radius 1 is 1.00 bits per heavy atom. The van der Waals surface area contributed by atoms with Gasteiger partial charge in [-0.15, -0.1) is 0 Å². The fraction of sp³-hybridized carbons (Fsp3) is 0.278. The number of carboxylic acid groups (broad SMARTS) is 1. The van der Waals surface area contributed by atoms with Crippen LogP contribution < -0.4 is 14.9 Å². The van der Waals surface area contributed by atoms with Crippen molar-refractivity contribution in [2.75, 3.05) is 36.0 Å². The second-order valence-corrected chi connectivity index (χ2v) is 7.85. The molecule has 3 N–H and O–H groups in total. The van der Waals surface area contributed by atoms with E-state index in [1.165, 1.54) is 23.4 Å². The molecule has 0 unspecified atom stereocenters. The van der Waals surface area contributed by atoms with Crippen LogP contribution in [-0.2, 0) is 10.0 Å². The van der Waals surface area contributed by atoms with Crippen molar-refractivity contribution in [3.63, 3.8) is 0 Å². The molecular weight excluding hydrogens is 354 g/mol. The normalized spacial score (nSPS) is 15.2. The highest BCUT2D eigenvalue weighted by Gasteiger charge is 2.23. The van der Waals surface area contributed by atoms with Gasteiger partial charge in [0.25, 0.3) is 0 Å². The maximum Gasteiger partial charge on any atom is 0.337 e. The first-order valence-electron chi connectivity index (χ1n) is 8.23. The lowest BCUT2D eigenvalue weighted by Crippen LogP contribution is -2.47. The molecular formula is C18H21N3O4S. The highest BCUT2D eigenvalue weighted by atomic mass is 32.2. The highest BCUT2D eigenvalue weighted by molar-refractivity contribution is 7.89. The lowest BCUT2D eigenvalue weighted by Gasteiger charge is -2.38. The summed E-state index contributed by atoms with van der Waals surface area (Å²) >= 11 is 0. The summed E-state index contributed by atoms with van der Waals surface area (Å²) in [6.07, 6.45) is 0. The number of carbonyl (C=O) groups is 1. The Balaban J connectivity index is 1.83. The second kappa shape index (κ2) is 6.97. The minimum absolute atomic E-state index is 0.0548. The first kappa shape index (κ1) is 18.2. The number of benzene rings is 2. The van der Waals surface area contributed by atoms with Crippen LogP contribution in [0.25, 0.3) is 0 Å². The lowest BCUT2D eigenvalue weighted by atomic mass is 10.1. The number of hydrogen-bond donors (Lipinski definition) is 2. The van der Waals surface area contributed by atoms with Crippen LogP contribution in [0.15, 0.2) is 47.4 Å². The molecule has 0 amide bonds. The minimum atomic E-state index is -3.95. The van der Waals surface area contributed by atoms with E-state index < -0.39 is 16.0 Å². The van der Waals surface area contributed by atoms with E-state index in [0.29, 0.717) is 18.8 Å². The summed E-state index contributed by atoms with van der Waals surface area (Å²) in [7, 11) is -3.95. The molecule has 0 saturated carbocycles. The molecule has 2 aromatic rings. The molecule has 0 atom stereocenters. The van der Waals surface area contributed by atoms with Crippen molar-refractivity contribution in [1.29, 1.82) is 0 Å². The molecule has 0 bridgehead atoms. The fourth-order valence-electron chi connectivity index (χ4n) is 3.25. The van der Waals surface area contributed by atoms with Crippen molar-refractivity contribution in [3.8, 4) is 0 Å². The standard InChI is InChI=1S/C18H21N3O4S/c1-13-4-2-3-5-16(13)20-8-10-21(11-9-20)17-7-6-14(26(19,24)25)12-15(17)18(22)23/h2-7,12H,8-11H2,1H3,(H,22,23)(H2,19,24,25). The fourth-order valence-corrected chi connectivity index (χ4v) is 3.79. The number of carboxylic acids is 1. The van der Waals surface area contributed by atoms with E-state index in [1.807, 2.05) is 17.0 Å². The molecule has 1 fully saturated rings. The summed E-state index contributed by atoms with van der Waals surface area (Å²) in [5.74, 6) is -1.17. The molecule has 7 nitrogen and oxygen atoms in total. The number of nitrogens with two attached hydrogens (primary N) is 1. The molecule has 1 saturated heterocycles. The molecule has 2 aromatic carbocycles. The van der Waals surface area contributed by atoms with E-state index in [-0.39, 0.29) is 10.5 Å². The number of aromatic carboxylic acids is 1. The molecule has 138 valence electrons. The van der Waals surface area contributed by atoms with E-state index in [2.05, 4.69) is 24.0 Å². The van der Waals surface area contributed by atoms with Crippen molar-refractivity contribution in [2.24, 2.45) is 5.14 Å². The van der Waals surface area contributed by atoms with Crippen molar-refractivity contribution in [2.45, 2.75) is 11.8 Å². The van der Waals surface area contributed by atoms with Crippen molar-refractivity contribution in [3.05, 3.63) is 53.6 Å². The van der Waals surface area contributed by atoms with Gasteiger partial charge in [-0.2, -0.15) is 0 Å². The van der Waals surface area contributed by atoms with Crippen LogP contribution in [0.5, 0.6) is 0 Å². The van der Waals surface area contributed by atoms with E-state index in [4.69, 9.17) is 5.14 Å². The lowest BCUT2D eigenvalue weighted by molar-refractivity contribution is 0.0697. The zero-order valence-corrected chi connectivity index (χ0v) is 15.2. The van der Waals surface area contributed by atoms with Gasteiger partial charge in [0.2, 0.25) is 10.0 Å². The summed E-state index contributed by atoms with van der Waals surface area (Å²) in [5.41, 5.74) is 2.83. The Labute approximate surface area is 152 Å². The Morgan fingerprint density at radius 2 is 1.58 bits per heavy atom. The Hall–Kier alpha value is -2.58. The maximum absolute atomic E-state index is 11.6. The first-order valence-corrected chi connectivity index (χ1v) is 9.77. The number of hydrogen-bond acceptors (Lipinski definition) is 5. The number of para-hydroxylation sites is 1. The van der Waals surface area contributed by atoms with Crippen LogP contribution in [0.2, 0.25) is 0 Å². The second-order valence-electron chi connectivity index (χ2n) is 6.29. The van der Waals surface area contributed by atoms with Crippen LogP contribution in [-0.4, -0.2) is 45.7 Å². The van der Waals surface area contributed by atoms with Crippen LogP contribution in [0, 0.1) is 6.92 Å². The molecule has 1 aliphatic rings. The number of piperazine rings is 1. The Kier molecular flexibility index (Phi) is 4.88. The van der Waals surface area contributed by atoms with Crippen LogP contribution in [0.3, 0.4) is 0 Å². The van der Waals surface area contributed by atoms with E-state index in [1.54, 1.807) is 0 Å². The molecule has 0 spiro atoms. The van der Waals surface area contributed by atoms with Crippen molar-refractivity contribution >= 4 is 27.4 Å². The minimum Gasteiger partial charge on any atom is -0.478 e. The zero-order chi connectivity index (χ0) is 18.9. The highest BCUT2D eigenvalue weighted by Crippen LogP contribution is 2.27. The predicted molar refractivity (Wildman–Crippen MR) is 100 cm³/mol. The zero-order valence-electron chi connectivity index (χ0n) is 14.4. The quantitative estimate of drug-likeness (QED) is 0.842. The van der Waals surface area contributed by atoms with Crippen LogP contribution in [0.4, 0.5) is 11.4 Å². The number of nitrogens with zero attached hydrogens (tertiary/aromatic N) is 2. The Bertz CT molecular complexity index is 935. The third-order valence-corrected chi connectivity index (χ3v) is 5.51. The van der Waals surface area contributed by atoms with Gasteiger partial charge >= 0.3 is 5.97 Å². The molecule has 0 aromatic heterocycles. The third-order valence-electron chi connectivity index (χ3n) is 4.60. The van der Waals surface area contributed by atoms with Crippen LogP contribution >= 0.6 is 0 Å². The summed E-state index contributed by atoms with van der Waals surface area (Å²) < 4.78 is 23.0. The average Bonchev–Trinajstić information content (AvgIpc) is 2.61. The first-order chi connectivity index (χ1) is 12.3. The summed E-state index contributed by atoms with van der Waals surface area (Å²) in [6.45, 7) is 4.85. The molecule has 26 heavy (non-hydrogen) atoms. The van der Waals surface area contributed by atoms with E-state index in [9.17, 15) is 18.3 Å². The number of aryl methyl sites for hydroxylation is 1. The van der Waals surface area contributed by atoms with E-state index in [0.717, 1.165) is 19.2 Å². The topological polar surface area (TPSA) is 104 Å². The largest absolute Gasteiger partial charge is 0.478 e. The van der Waals surface area contributed by atoms with Gasteiger partial charge in [-0.25, -0.2) is 18.4 Å². The predicted octanol–water partition coefficient (Wildman–Crippen LogP) is 1.67. The smallest absolute Gasteiger partial charge is 0.337 e. The van der Waals surface area contributed by atoms with Gasteiger partial charge in [0.05, 0.1) is 16.1 Å². The van der Waals surface area contributed by atoms with Gasteiger partial charge < -0.3 is 14.9 Å². The average molecular weight is 375 g/mol.